The minimum absolute atomic E-state index is 0.0274. The first-order valence-electron chi connectivity index (χ1n) is 7.09. The summed E-state index contributed by atoms with van der Waals surface area (Å²) in [4.78, 5) is 18.0. The molecule has 0 saturated carbocycles. The number of aromatic nitrogens is 1. The van der Waals surface area contributed by atoms with E-state index in [2.05, 4.69) is 23.0 Å². The van der Waals surface area contributed by atoms with E-state index in [9.17, 15) is 4.79 Å². The number of rotatable bonds is 6. The Morgan fingerprint density at radius 1 is 1.60 bits per heavy atom. The Morgan fingerprint density at radius 2 is 2.45 bits per heavy atom. The maximum absolute atomic E-state index is 11.5. The van der Waals surface area contributed by atoms with Crippen molar-refractivity contribution in [2.24, 2.45) is 5.92 Å². The Morgan fingerprint density at radius 3 is 3.15 bits per heavy atom. The Labute approximate surface area is 119 Å². The first kappa shape index (κ1) is 14.9. The van der Waals surface area contributed by atoms with Gasteiger partial charge in [-0.3, -0.25) is 14.7 Å². The molecule has 1 aromatic heterocycles. The second-order valence-corrected chi connectivity index (χ2v) is 5.27. The van der Waals surface area contributed by atoms with Gasteiger partial charge in [0.05, 0.1) is 6.61 Å². The predicted molar refractivity (Wildman–Crippen MR) is 75.0 cm³/mol. The lowest BCUT2D eigenvalue weighted by atomic mass is 9.96. The van der Waals surface area contributed by atoms with Gasteiger partial charge < -0.3 is 9.84 Å². The lowest BCUT2D eigenvalue weighted by Crippen LogP contribution is -2.24. The number of ether oxygens (including phenoxy) is 1. The van der Waals surface area contributed by atoms with Crippen molar-refractivity contribution < 1.29 is 14.6 Å². The molecule has 2 rings (SSSR count). The van der Waals surface area contributed by atoms with Crippen molar-refractivity contribution in [2.75, 3.05) is 26.8 Å². The van der Waals surface area contributed by atoms with Crippen LogP contribution in [-0.2, 0) is 9.53 Å². The summed E-state index contributed by atoms with van der Waals surface area (Å²) >= 11 is 0. The van der Waals surface area contributed by atoms with E-state index in [1.807, 2.05) is 12.3 Å². The smallest absolute Gasteiger partial charge is 0.305 e. The molecule has 1 aliphatic heterocycles. The van der Waals surface area contributed by atoms with Crippen LogP contribution in [-0.4, -0.2) is 47.8 Å². The number of aliphatic hydroxyl groups excluding tert-OH is 1. The molecule has 5 nitrogen and oxygen atoms in total. The van der Waals surface area contributed by atoms with Crippen LogP contribution in [0.2, 0.25) is 0 Å². The minimum atomic E-state index is -0.224. The van der Waals surface area contributed by atoms with E-state index in [0.717, 1.165) is 13.0 Å². The number of hydrogen-bond donors (Lipinski definition) is 1. The van der Waals surface area contributed by atoms with E-state index in [-0.39, 0.29) is 25.0 Å². The Kier molecular flexibility index (Phi) is 5.49. The van der Waals surface area contributed by atoms with Gasteiger partial charge in [0.1, 0.15) is 0 Å². The highest BCUT2D eigenvalue weighted by Crippen LogP contribution is 2.35. The summed E-state index contributed by atoms with van der Waals surface area (Å²) < 4.78 is 5.33. The van der Waals surface area contributed by atoms with Crippen molar-refractivity contribution in [3.8, 4) is 0 Å². The Bertz CT molecular complexity index is 424. The van der Waals surface area contributed by atoms with E-state index in [4.69, 9.17) is 9.84 Å². The number of nitrogens with zero attached hydrogens (tertiary/aromatic N) is 2. The van der Waals surface area contributed by atoms with Gasteiger partial charge in [0.15, 0.2) is 0 Å². The second kappa shape index (κ2) is 7.36. The molecule has 2 heterocycles. The molecule has 1 fully saturated rings. The molecule has 0 aromatic carbocycles. The third-order valence-electron chi connectivity index (χ3n) is 3.80. The van der Waals surface area contributed by atoms with Gasteiger partial charge in [-0.1, -0.05) is 6.07 Å². The topological polar surface area (TPSA) is 62.7 Å². The summed E-state index contributed by atoms with van der Waals surface area (Å²) in [7, 11) is 2.09. The summed E-state index contributed by atoms with van der Waals surface area (Å²) in [5, 5.41) is 8.70. The van der Waals surface area contributed by atoms with Crippen LogP contribution in [0.4, 0.5) is 0 Å². The third-order valence-corrected chi connectivity index (χ3v) is 3.80. The van der Waals surface area contributed by atoms with Gasteiger partial charge in [0.2, 0.25) is 0 Å². The quantitative estimate of drug-likeness (QED) is 0.797. The zero-order valence-corrected chi connectivity index (χ0v) is 11.9. The van der Waals surface area contributed by atoms with E-state index >= 15 is 0 Å². The fourth-order valence-electron chi connectivity index (χ4n) is 2.77. The van der Waals surface area contributed by atoms with E-state index < -0.39 is 0 Å². The van der Waals surface area contributed by atoms with Gasteiger partial charge in [-0.05, 0) is 38.1 Å². The number of aliphatic hydroxyl groups is 1. The molecular weight excluding hydrogens is 256 g/mol. The van der Waals surface area contributed by atoms with Crippen LogP contribution >= 0.6 is 0 Å². The molecule has 0 spiro atoms. The molecule has 20 heavy (non-hydrogen) atoms. The average Bonchev–Trinajstić information content (AvgIpc) is 2.84. The zero-order valence-electron chi connectivity index (χ0n) is 11.9. The summed E-state index contributed by atoms with van der Waals surface area (Å²) in [5.74, 6) is 0.0841. The van der Waals surface area contributed by atoms with E-state index in [1.165, 1.54) is 5.56 Å². The standard InChI is InChI=1S/C15H22N2O3/c1-17-8-6-13(11-20-14(19)5-3-9-18)15(17)12-4-2-7-16-10-12/h2,4,7,10,13,15,18H,3,5-6,8-9,11H2,1H3. The van der Waals surface area contributed by atoms with Crippen molar-refractivity contribution in [1.29, 1.82) is 0 Å². The van der Waals surface area contributed by atoms with Crippen molar-refractivity contribution in [1.82, 2.24) is 9.88 Å². The lowest BCUT2D eigenvalue weighted by molar-refractivity contribution is -0.145. The Balaban J connectivity index is 1.92. The second-order valence-electron chi connectivity index (χ2n) is 5.27. The van der Waals surface area contributed by atoms with Crippen LogP contribution in [0.3, 0.4) is 0 Å². The molecule has 1 saturated heterocycles. The summed E-state index contributed by atoms with van der Waals surface area (Å²) in [6.45, 7) is 1.46. The minimum Gasteiger partial charge on any atom is -0.465 e. The molecule has 0 aliphatic carbocycles. The van der Waals surface area contributed by atoms with Gasteiger partial charge in [-0.15, -0.1) is 0 Å². The molecule has 110 valence electrons. The van der Waals surface area contributed by atoms with Gasteiger partial charge >= 0.3 is 5.97 Å². The molecule has 1 aliphatic rings. The van der Waals surface area contributed by atoms with Crippen LogP contribution < -0.4 is 0 Å². The molecule has 0 amide bonds. The first-order chi connectivity index (χ1) is 9.72. The first-order valence-corrected chi connectivity index (χ1v) is 7.09. The molecule has 2 atom stereocenters. The summed E-state index contributed by atoms with van der Waals surface area (Å²) in [6.07, 6.45) is 5.42. The summed E-state index contributed by atoms with van der Waals surface area (Å²) in [6, 6.07) is 4.26. The molecule has 0 radical (unpaired) electrons. The number of likely N-dealkylation sites (tertiary alicyclic amines) is 1. The number of carbonyl (C=O) groups is 1. The largest absolute Gasteiger partial charge is 0.465 e. The molecule has 1 aromatic rings. The van der Waals surface area contributed by atoms with Gasteiger partial charge in [0, 0.05) is 37.4 Å². The fourth-order valence-corrected chi connectivity index (χ4v) is 2.77. The van der Waals surface area contributed by atoms with E-state index in [1.54, 1.807) is 6.20 Å². The highest BCUT2D eigenvalue weighted by molar-refractivity contribution is 5.69. The molecular formula is C15H22N2O3. The van der Waals surface area contributed by atoms with Crippen LogP contribution in [0.25, 0.3) is 0 Å². The van der Waals surface area contributed by atoms with Crippen molar-refractivity contribution in [3.63, 3.8) is 0 Å². The number of hydrogen-bond acceptors (Lipinski definition) is 5. The normalized spacial score (nSPS) is 22.9. The highest BCUT2D eigenvalue weighted by atomic mass is 16.5. The van der Waals surface area contributed by atoms with Gasteiger partial charge in [-0.25, -0.2) is 0 Å². The monoisotopic (exact) mass is 278 g/mol. The molecule has 1 N–H and O–H groups in total. The van der Waals surface area contributed by atoms with Crippen molar-refractivity contribution in [3.05, 3.63) is 30.1 Å². The molecule has 0 bridgehead atoms. The highest BCUT2D eigenvalue weighted by Gasteiger charge is 2.33. The number of pyridine rings is 1. The maximum Gasteiger partial charge on any atom is 0.305 e. The van der Waals surface area contributed by atoms with Crippen LogP contribution in [0.5, 0.6) is 0 Å². The third kappa shape index (κ3) is 3.77. The number of carbonyl (C=O) groups excluding carboxylic acids is 1. The van der Waals surface area contributed by atoms with Gasteiger partial charge in [-0.2, -0.15) is 0 Å². The van der Waals surface area contributed by atoms with Crippen LogP contribution in [0.1, 0.15) is 30.9 Å². The lowest BCUT2D eigenvalue weighted by Gasteiger charge is -2.25. The van der Waals surface area contributed by atoms with Crippen molar-refractivity contribution >= 4 is 5.97 Å². The number of esters is 1. The maximum atomic E-state index is 11.5. The predicted octanol–water partition coefficient (Wildman–Crippen LogP) is 1.39. The average molecular weight is 278 g/mol. The van der Waals surface area contributed by atoms with Crippen LogP contribution in [0.15, 0.2) is 24.5 Å². The van der Waals surface area contributed by atoms with E-state index in [0.29, 0.717) is 18.9 Å². The zero-order chi connectivity index (χ0) is 14.4. The fraction of sp³-hybridized carbons (Fsp3) is 0.600. The van der Waals surface area contributed by atoms with Crippen molar-refractivity contribution in [2.45, 2.75) is 25.3 Å². The molecule has 2 unspecified atom stereocenters. The van der Waals surface area contributed by atoms with Crippen LogP contribution in [0, 0.1) is 5.92 Å². The summed E-state index contributed by atoms with van der Waals surface area (Å²) in [5.41, 5.74) is 1.17. The molecule has 5 heteroatoms. The van der Waals surface area contributed by atoms with Gasteiger partial charge in [0.25, 0.3) is 0 Å². The Hall–Kier alpha value is -1.46. The SMILES string of the molecule is CN1CCC(COC(=O)CCCO)C1c1cccnc1.